The van der Waals surface area contributed by atoms with Gasteiger partial charge in [0.2, 0.25) is 0 Å². The summed E-state index contributed by atoms with van der Waals surface area (Å²) >= 11 is 6.10. The lowest BCUT2D eigenvalue weighted by molar-refractivity contribution is -0.0622. The van der Waals surface area contributed by atoms with Gasteiger partial charge in [0.1, 0.15) is 11.6 Å². The van der Waals surface area contributed by atoms with Crippen molar-refractivity contribution in [3.05, 3.63) is 28.5 Å². The van der Waals surface area contributed by atoms with Crippen LogP contribution in [0.5, 0.6) is 5.75 Å². The van der Waals surface area contributed by atoms with Crippen molar-refractivity contribution in [2.75, 3.05) is 6.61 Å². The molecule has 4 aliphatic carbocycles. The number of carbonyl (C=O) groups is 1. The number of nitrogens with zero attached hydrogens (tertiary/aromatic N) is 1. The van der Waals surface area contributed by atoms with Gasteiger partial charge in [0.25, 0.3) is 5.91 Å². The molecule has 0 spiro atoms. The Labute approximate surface area is 163 Å². The summed E-state index contributed by atoms with van der Waals surface area (Å²) in [5.74, 6) is 0.652. The van der Waals surface area contributed by atoms with E-state index in [9.17, 15) is 17.6 Å². The van der Waals surface area contributed by atoms with Crippen molar-refractivity contribution in [3.63, 3.8) is 0 Å². The minimum Gasteiger partial charge on any atom is -0.492 e. The average Bonchev–Trinajstić information content (AvgIpc) is 2.55. The number of amides is 1. The molecule has 0 saturated heterocycles. The van der Waals surface area contributed by atoms with Crippen LogP contribution in [-0.2, 0) is 10.5 Å². The van der Waals surface area contributed by atoms with Gasteiger partial charge in [0.05, 0.1) is 17.2 Å². The fourth-order valence-electron chi connectivity index (χ4n) is 5.89. The van der Waals surface area contributed by atoms with Gasteiger partial charge < -0.3 is 4.74 Å². The summed E-state index contributed by atoms with van der Waals surface area (Å²) in [4.78, 5) is 11.6. The largest absolute Gasteiger partial charge is 0.492 e. The number of hydrogen-bond donors (Lipinski definition) is 0. The predicted molar refractivity (Wildman–Crippen MR) is 97.8 cm³/mol. The smallest absolute Gasteiger partial charge is 0.319 e. The summed E-state index contributed by atoms with van der Waals surface area (Å²) < 4.78 is 43.6. The minimum absolute atomic E-state index is 0.0668. The Balaban J connectivity index is 1.42. The highest BCUT2D eigenvalue weighted by Crippen LogP contribution is 2.61. The Hall–Kier alpha value is -1.47. The number of ether oxygens (including phenoxy) is 1. The van der Waals surface area contributed by atoms with Gasteiger partial charge in [-0.25, -0.2) is 4.39 Å². The Kier molecular flexibility index (Phi) is 5.01. The molecule has 4 saturated carbocycles. The first-order valence-electron chi connectivity index (χ1n) is 9.31. The third-order valence-electron chi connectivity index (χ3n) is 6.46. The second kappa shape index (κ2) is 7.17. The molecule has 146 valence electrons. The van der Waals surface area contributed by atoms with E-state index < -0.39 is 27.8 Å². The lowest BCUT2D eigenvalue weighted by Gasteiger charge is -2.57. The van der Waals surface area contributed by atoms with Gasteiger partial charge in [0, 0.05) is 6.07 Å². The SMILES string of the molecule is O=C(N=S(=O)=O)c1cc(Cl)c(OCCC23CC4CC(CC(C4)C2)C3)cc1F. The molecule has 4 aliphatic rings. The zero-order valence-corrected chi connectivity index (χ0v) is 16.4. The Bertz CT molecular complexity index is 871. The second-order valence-corrected chi connectivity index (χ2v) is 9.42. The standard InChI is InChI=1S/C19H21ClFNO4S/c20-15-6-14(18(23)22-27(24)25)16(21)7-17(15)26-2-1-19-8-11-3-12(9-19)5-13(4-11)10-19/h6-7,11-13H,1-5,8-10H2. The number of rotatable bonds is 5. The van der Waals surface area contributed by atoms with E-state index in [0.29, 0.717) is 12.0 Å². The number of halogens is 2. The van der Waals surface area contributed by atoms with Crippen molar-refractivity contribution in [3.8, 4) is 5.75 Å². The van der Waals surface area contributed by atoms with Gasteiger partial charge in [-0.1, -0.05) is 16.0 Å². The zero-order valence-electron chi connectivity index (χ0n) is 14.8. The molecule has 0 N–H and O–H groups in total. The lowest BCUT2D eigenvalue weighted by Crippen LogP contribution is -2.46. The maximum absolute atomic E-state index is 14.2. The topological polar surface area (TPSA) is 72.8 Å². The van der Waals surface area contributed by atoms with E-state index in [0.717, 1.165) is 36.3 Å². The van der Waals surface area contributed by atoms with Crippen LogP contribution in [0.1, 0.15) is 55.3 Å². The van der Waals surface area contributed by atoms with Crippen molar-refractivity contribution in [2.24, 2.45) is 27.5 Å². The fourth-order valence-corrected chi connectivity index (χ4v) is 6.35. The van der Waals surface area contributed by atoms with Crippen LogP contribution in [0.2, 0.25) is 5.02 Å². The first kappa shape index (κ1) is 18.9. The van der Waals surface area contributed by atoms with Gasteiger partial charge in [-0.3, -0.25) is 4.79 Å². The summed E-state index contributed by atoms with van der Waals surface area (Å²) in [6.45, 7) is 0.452. The highest BCUT2D eigenvalue weighted by atomic mass is 35.5. The van der Waals surface area contributed by atoms with E-state index in [1.54, 1.807) is 0 Å². The quantitative estimate of drug-likeness (QED) is 0.703. The van der Waals surface area contributed by atoms with E-state index >= 15 is 0 Å². The lowest BCUT2D eigenvalue weighted by atomic mass is 9.49. The fraction of sp³-hybridized carbons (Fsp3) is 0.632. The average molecular weight is 414 g/mol. The van der Waals surface area contributed by atoms with Crippen molar-refractivity contribution in [1.29, 1.82) is 0 Å². The molecule has 0 aliphatic heterocycles. The van der Waals surface area contributed by atoms with Gasteiger partial charge in [-0.05, 0) is 74.2 Å². The van der Waals surface area contributed by atoms with Crippen LogP contribution >= 0.6 is 11.6 Å². The zero-order chi connectivity index (χ0) is 19.2. The van der Waals surface area contributed by atoms with Crippen LogP contribution in [0.25, 0.3) is 0 Å². The van der Waals surface area contributed by atoms with Crippen molar-refractivity contribution >= 4 is 28.0 Å². The van der Waals surface area contributed by atoms with Crippen LogP contribution in [-0.4, -0.2) is 20.9 Å². The molecular formula is C19H21ClFNO4S. The first-order valence-corrected chi connectivity index (χ1v) is 10.7. The summed E-state index contributed by atoms with van der Waals surface area (Å²) in [5.41, 5.74) is -0.134. The maximum atomic E-state index is 14.2. The molecule has 4 bridgehead atoms. The first-order chi connectivity index (χ1) is 12.8. The van der Waals surface area contributed by atoms with E-state index in [2.05, 4.69) is 4.36 Å². The van der Waals surface area contributed by atoms with E-state index in [1.165, 1.54) is 38.5 Å². The molecule has 1 amide bonds. The van der Waals surface area contributed by atoms with Crippen molar-refractivity contribution in [2.45, 2.75) is 44.9 Å². The molecule has 0 aromatic heterocycles. The van der Waals surface area contributed by atoms with Gasteiger partial charge in [0.15, 0.2) is 0 Å². The summed E-state index contributed by atoms with van der Waals surface area (Å²) in [5, 5.41) is 0.0668. The maximum Gasteiger partial charge on any atom is 0.319 e. The molecule has 5 nitrogen and oxygen atoms in total. The molecule has 0 radical (unpaired) electrons. The Morgan fingerprint density at radius 2 is 1.78 bits per heavy atom. The number of benzene rings is 1. The molecule has 4 fully saturated rings. The van der Waals surface area contributed by atoms with Gasteiger partial charge >= 0.3 is 10.5 Å². The molecule has 0 atom stereocenters. The monoisotopic (exact) mass is 413 g/mol. The number of hydrogen-bond acceptors (Lipinski definition) is 4. The van der Waals surface area contributed by atoms with E-state index in [4.69, 9.17) is 16.3 Å². The third-order valence-corrected chi connectivity index (χ3v) is 7.07. The molecule has 8 heteroatoms. The summed E-state index contributed by atoms with van der Waals surface area (Å²) in [6, 6.07) is 2.09. The molecule has 5 rings (SSSR count). The van der Waals surface area contributed by atoms with Crippen LogP contribution < -0.4 is 4.74 Å². The molecule has 0 heterocycles. The highest BCUT2D eigenvalue weighted by molar-refractivity contribution is 7.62. The molecule has 0 unspecified atom stereocenters. The molecule has 1 aromatic carbocycles. The normalized spacial score (nSPS) is 31.0. The van der Waals surface area contributed by atoms with Crippen molar-refractivity contribution < 1.29 is 22.3 Å². The Morgan fingerprint density at radius 1 is 1.19 bits per heavy atom. The molecular weight excluding hydrogens is 393 g/mol. The third kappa shape index (κ3) is 3.90. The molecule has 27 heavy (non-hydrogen) atoms. The van der Waals surface area contributed by atoms with Crippen LogP contribution in [0.3, 0.4) is 0 Å². The number of carbonyl (C=O) groups excluding carboxylic acids is 1. The van der Waals surface area contributed by atoms with E-state index in [1.807, 2.05) is 0 Å². The Morgan fingerprint density at radius 3 is 2.33 bits per heavy atom. The van der Waals surface area contributed by atoms with Gasteiger partial charge in [-0.15, -0.1) is 0 Å². The van der Waals surface area contributed by atoms with Crippen LogP contribution in [0, 0.1) is 29.0 Å². The van der Waals surface area contributed by atoms with Gasteiger partial charge in [-0.2, -0.15) is 8.42 Å². The van der Waals surface area contributed by atoms with Crippen LogP contribution in [0.15, 0.2) is 16.5 Å². The molecule has 1 aromatic rings. The van der Waals surface area contributed by atoms with E-state index in [-0.39, 0.29) is 10.8 Å². The summed E-state index contributed by atoms with van der Waals surface area (Å²) in [6.07, 6.45) is 8.88. The van der Waals surface area contributed by atoms with Crippen molar-refractivity contribution in [1.82, 2.24) is 0 Å². The van der Waals surface area contributed by atoms with Crippen LogP contribution in [0.4, 0.5) is 4.39 Å². The highest BCUT2D eigenvalue weighted by Gasteiger charge is 2.50. The predicted octanol–water partition coefficient (Wildman–Crippen LogP) is 4.67. The second-order valence-electron chi connectivity index (χ2n) is 8.39. The summed E-state index contributed by atoms with van der Waals surface area (Å²) in [7, 11) is -2.94. The minimum atomic E-state index is -2.94.